The highest BCUT2D eigenvalue weighted by Gasteiger charge is 2.26. The molecule has 0 aliphatic rings. The molecule has 3 nitrogen and oxygen atoms in total. The molecule has 0 radical (unpaired) electrons. The summed E-state index contributed by atoms with van der Waals surface area (Å²) in [6, 6.07) is 6.23. The molecule has 19 heavy (non-hydrogen) atoms. The molecule has 0 aromatic heterocycles. The number of hydrogen-bond acceptors (Lipinski definition) is 2. The third-order valence-electron chi connectivity index (χ3n) is 3.70. The highest BCUT2D eigenvalue weighted by Crippen LogP contribution is 2.17. The number of hydrogen-bond donors (Lipinski definition) is 1. The first-order chi connectivity index (χ1) is 8.79. The maximum absolute atomic E-state index is 11.8. The molecule has 0 atom stereocenters. The maximum Gasteiger partial charge on any atom is 0.239 e. The van der Waals surface area contributed by atoms with Crippen LogP contribution in [0.1, 0.15) is 36.1 Å². The number of benzene rings is 1. The number of aryl methyl sites for hydroxylation is 1. The van der Waals surface area contributed by atoms with E-state index in [4.69, 9.17) is 5.26 Å². The first-order valence-corrected chi connectivity index (χ1v) is 6.55. The van der Waals surface area contributed by atoms with Crippen LogP contribution in [0.25, 0.3) is 0 Å². The number of nitriles is 1. The normalized spacial score (nSPS) is 10.9. The summed E-state index contributed by atoms with van der Waals surface area (Å²) in [5, 5.41) is 11.7. The van der Waals surface area contributed by atoms with Gasteiger partial charge in [-0.25, -0.2) is 0 Å². The number of carbonyl (C=O) groups excluding carboxylic acids is 1. The summed E-state index contributed by atoms with van der Waals surface area (Å²) in [5.74, 6) is -0.212. The van der Waals surface area contributed by atoms with Gasteiger partial charge in [-0.15, -0.1) is 0 Å². The third-order valence-corrected chi connectivity index (χ3v) is 3.70. The van der Waals surface area contributed by atoms with E-state index in [0.29, 0.717) is 6.54 Å². The zero-order valence-electron chi connectivity index (χ0n) is 12.4. The summed E-state index contributed by atoms with van der Waals surface area (Å²) in [4.78, 5) is 11.8. The summed E-state index contributed by atoms with van der Waals surface area (Å²) in [6.07, 6.45) is 0.792. The van der Waals surface area contributed by atoms with Gasteiger partial charge < -0.3 is 5.32 Å². The van der Waals surface area contributed by atoms with Gasteiger partial charge in [0.1, 0.15) is 5.41 Å². The second-order valence-electron chi connectivity index (χ2n) is 5.53. The Bertz CT molecular complexity index is 524. The van der Waals surface area contributed by atoms with Crippen LogP contribution < -0.4 is 5.32 Å². The first-order valence-electron chi connectivity index (χ1n) is 6.55. The van der Waals surface area contributed by atoms with E-state index < -0.39 is 5.41 Å². The van der Waals surface area contributed by atoms with E-state index in [2.05, 4.69) is 38.2 Å². The Morgan fingerprint density at radius 2 is 1.89 bits per heavy atom. The van der Waals surface area contributed by atoms with Crippen LogP contribution in [0.3, 0.4) is 0 Å². The van der Waals surface area contributed by atoms with E-state index in [9.17, 15) is 4.79 Å². The Morgan fingerprint density at radius 1 is 1.26 bits per heavy atom. The highest BCUT2D eigenvalue weighted by molar-refractivity contribution is 5.84. The lowest BCUT2D eigenvalue weighted by Gasteiger charge is -2.16. The Labute approximate surface area is 115 Å². The second-order valence-corrected chi connectivity index (χ2v) is 5.53. The number of rotatable bonds is 4. The van der Waals surface area contributed by atoms with Crippen LogP contribution in [0.15, 0.2) is 12.1 Å². The summed E-state index contributed by atoms with van der Waals surface area (Å²) >= 11 is 0. The minimum atomic E-state index is -0.960. The molecular formula is C16H22N2O. The average Bonchev–Trinajstić information content (AvgIpc) is 2.38. The van der Waals surface area contributed by atoms with Gasteiger partial charge in [-0.05, 0) is 63.3 Å². The molecule has 0 saturated heterocycles. The van der Waals surface area contributed by atoms with Crippen molar-refractivity contribution in [1.82, 2.24) is 5.32 Å². The molecule has 1 aromatic carbocycles. The molecule has 1 N–H and O–H groups in total. The van der Waals surface area contributed by atoms with Crippen molar-refractivity contribution in [3.05, 3.63) is 34.4 Å². The minimum Gasteiger partial charge on any atom is -0.354 e. The minimum absolute atomic E-state index is 0.212. The van der Waals surface area contributed by atoms with Gasteiger partial charge in [0, 0.05) is 6.54 Å². The van der Waals surface area contributed by atoms with Gasteiger partial charge in [0.15, 0.2) is 0 Å². The van der Waals surface area contributed by atoms with Crippen molar-refractivity contribution in [2.75, 3.05) is 6.54 Å². The predicted molar refractivity (Wildman–Crippen MR) is 76.8 cm³/mol. The third kappa shape index (κ3) is 3.57. The first kappa shape index (κ1) is 15.2. The number of nitrogens with zero attached hydrogens (tertiary/aromatic N) is 1. The molecular weight excluding hydrogens is 236 g/mol. The zero-order valence-corrected chi connectivity index (χ0v) is 12.4. The molecule has 0 aliphatic carbocycles. The Balaban J connectivity index is 2.63. The van der Waals surface area contributed by atoms with Gasteiger partial charge in [0.2, 0.25) is 5.91 Å². The summed E-state index contributed by atoms with van der Waals surface area (Å²) in [5.41, 5.74) is 4.17. The van der Waals surface area contributed by atoms with Crippen molar-refractivity contribution in [3.63, 3.8) is 0 Å². The van der Waals surface area contributed by atoms with Crippen LogP contribution in [-0.2, 0) is 11.2 Å². The lowest BCUT2D eigenvalue weighted by Crippen LogP contribution is -2.37. The Kier molecular flexibility index (Phi) is 4.72. The quantitative estimate of drug-likeness (QED) is 0.902. The summed E-state index contributed by atoms with van der Waals surface area (Å²) < 4.78 is 0. The van der Waals surface area contributed by atoms with Crippen molar-refractivity contribution in [2.24, 2.45) is 5.41 Å². The van der Waals surface area contributed by atoms with Gasteiger partial charge in [0.25, 0.3) is 0 Å². The van der Waals surface area contributed by atoms with Crippen LogP contribution in [0.5, 0.6) is 0 Å². The topological polar surface area (TPSA) is 52.9 Å². The zero-order chi connectivity index (χ0) is 14.6. The van der Waals surface area contributed by atoms with Crippen LogP contribution in [0.2, 0.25) is 0 Å². The Morgan fingerprint density at radius 3 is 2.47 bits per heavy atom. The molecule has 1 amide bonds. The van der Waals surface area contributed by atoms with E-state index in [1.807, 2.05) is 6.07 Å². The molecule has 102 valence electrons. The van der Waals surface area contributed by atoms with E-state index >= 15 is 0 Å². The lowest BCUT2D eigenvalue weighted by atomic mass is 9.94. The molecule has 0 unspecified atom stereocenters. The molecule has 0 spiro atoms. The largest absolute Gasteiger partial charge is 0.354 e. The smallest absolute Gasteiger partial charge is 0.239 e. The summed E-state index contributed by atoms with van der Waals surface area (Å²) in [7, 11) is 0. The fourth-order valence-corrected chi connectivity index (χ4v) is 1.87. The lowest BCUT2D eigenvalue weighted by molar-refractivity contribution is -0.126. The van der Waals surface area contributed by atoms with Gasteiger partial charge in [-0.1, -0.05) is 12.1 Å². The van der Waals surface area contributed by atoms with Crippen LogP contribution >= 0.6 is 0 Å². The fraction of sp³-hybridized carbons (Fsp3) is 0.500. The molecule has 3 heteroatoms. The van der Waals surface area contributed by atoms with Crippen LogP contribution in [0, 0.1) is 37.5 Å². The van der Waals surface area contributed by atoms with Crippen molar-refractivity contribution >= 4 is 5.91 Å². The average molecular weight is 258 g/mol. The van der Waals surface area contributed by atoms with Gasteiger partial charge in [-0.2, -0.15) is 5.26 Å². The molecule has 0 bridgehead atoms. The molecule has 0 heterocycles. The van der Waals surface area contributed by atoms with Gasteiger partial charge in [0.05, 0.1) is 6.07 Å². The van der Waals surface area contributed by atoms with Crippen molar-refractivity contribution in [2.45, 2.75) is 41.0 Å². The van der Waals surface area contributed by atoms with Gasteiger partial charge in [-0.3, -0.25) is 4.79 Å². The van der Waals surface area contributed by atoms with Crippen molar-refractivity contribution < 1.29 is 4.79 Å². The number of nitrogens with one attached hydrogen (secondary N) is 1. The fourth-order valence-electron chi connectivity index (χ4n) is 1.87. The number of amides is 1. The summed E-state index contributed by atoms with van der Waals surface area (Å²) in [6.45, 7) is 10.1. The van der Waals surface area contributed by atoms with E-state index in [-0.39, 0.29) is 5.91 Å². The molecule has 0 fully saturated rings. The van der Waals surface area contributed by atoms with Gasteiger partial charge >= 0.3 is 0 Å². The van der Waals surface area contributed by atoms with Crippen LogP contribution in [-0.4, -0.2) is 12.5 Å². The molecule has 1 aromatic rings. The molecule has 0 saturated carbocycles. The van der Waals surface area contributed by atoms with Crippen LogP contribution in [0.4, 0.5) is 0 Å². The standard InChI is InChI=1S/C16H22N2O/c1-11-6-7-14(13(3)12(11)2)8-9-18-15(19)16(4,5)10-17/h6-7H,8-9H2,1-5H3,(H,18,19). The Hall–Kier alpha value is -1.82. The maximum atomic E-state index is 11.8. The monoisotopic (exact) mass is 258 g/mol. The second kappa shape index (κ2) is 5.88. The molecule has 0 aliphatic heterocycles. The van der Waals surface area contributed by atoms with E-state index in [1.165, 1.54) is 22.3 Å². The number of carbonyl (C=O) groups is 1. The highest BCUT2D eigenvalue weighted by atomic mass is 16.2. The van der Waals surface area contributed by atoms with Crippen molar-refractivity contribution in [3.8, 4) is 6.07 Å². The SMILES string of the molecule is Cc1ccc(CCNC(=O)C(C)(C)C#N)c(C)c1C. The predicted octanol–water partition coefficient (Wildman–Crippen LogP) is 2.82. The molecule has 1 rings (SSSR count). The van der Waals surface area contributed by atoms with E-state index in [1.54, 1.807) is 13.8 Å². The van der Waals surface area contributed by atoms with E-state index in [0.717, 1.165) is 6.42 Å². The van der Waals surface area contributed by atoms with Crippen molar-refractivity contribution in [1.29, 1.82) is 5.26 Å².